The number of hydrogen-bond acceptors (Lipinski definition) is 4. The lowest BCUT2D eigenvalue weighted by Crippen LogP contribution is -2.68. The summed E-state index contributed by atoms with van der Waals surface area (Å²) in [4.78, 5) is 44.9. The Morgan fingerprint density at radius 3 is 2.34 bits per heavy atom. The fraction of sp³-hybridized carbons (Fsp3) is 0.483. The summed E-state index contributed by atoms with van der Waals surface area (Å²) in [6.07, 6.45) is 1.79. The van der Waals surface area contributed by atoms with Crippen LogP contribution in [0.25, 0.3) is 0 Å². The molecule has 2 heterocycles. The second-order valence-corrected chi connectivity index (χ2v) is 10.5. The Morgan fingerprint density at radius 2 is 1.74 bits per heavy atom. The molecule has 2 aromatic rings. The Bertz CT molecular complexity index is 1210. The van der Waals surface area contributed by atoms with Crippen molar-refractivity contribution in [3.63, 3.8) is 0 Å². The Morgan fingerprint density at radius 1 is 1.08 bits per heavy atom. The number of hydrogen-bond donors (Lipinski definition) is 1. The summed E-state index contributed by atoms with van der Waals surface area (Å²) in [5.41, 5.74) is 2.13. The van der Waals surface area contributed by atoms with E-state index in [0.717, 1.165) is 17.2 Å². The van der Waals surface area contributed by atoms with Crippen LogP contribution in [0.5, 0.6) is 0 Å². The van der Waals surface area contributed by atoms with E-state index in [2.05, 4.69) is 5.32 Å². The van der Waals surface area contributed by atoms with E-state index in [0.29, 0.717) is 38.5 Å². The van der Waals surface area contributed by atoms with Crippen LogP contribution in [0, 0.1) is 23.5 Å². The zero-order valence-corrected chi connectivity index (χ0v) is 21.7. The zero-order chi connectivity index (χ0) is 27.0. The highest BCUT2D eigenvalue weighted by atomic mass is 19.1. The van der Waals surface area contributed by atoms with Gasteiger partial charge in [-0.1, -0.05) is 50.6 Å². The Hall–Kier alpha value is -3.33. The first-order valence-electron chi connectivity index (χ1n) is 13.3. The summed E-state index contributed by atoms with van der Waals surface area (Å²) in [6, 6.07) is 7.68. The van der Waals surface area contributed by atoms with Gasteiger partial charge in [0.05, 0.1) is 13.2 Å². The Labute approximate surface area is 221 Å². The topological polar surface area (TPSA) is 79.0 Å². The lowest BCUT2D eigenvalue weighted by atomic mass is 9.85. The van der Waals surface area contributed by atoms with Gasteiger partial charge in [-0.25, -0.2) is 8.78 Å². The summed E-state index contributed by atoms with van der Waals surface area (Å²) in [5.74, 6) is -3.48. The Kier molecular flexibility index (Phi) is 7.47. The van der Waals surface area contributed by atoms with Gasteiger partial charge in [0.15, 0.2) is 0 Å². The van der Waals surface area contributed by atoms with Gasteiger partial charge in [-0.3, -0.25) is 14.4 Å². The normalized spacial score (nSPS) is 23.7. The first-order chi connectivity index (χ1) is 18.3. The second-order valence-electron chi connectivity index (χ2n) is 10.5. The van der Waals surface area contributed by atoms with Crippen molar-refractivity contribution in [1.29, 1.82) is 0 Å². The molecule has 4 atom stereocenters. The van der Waals surface area contributed by atoms with Crippen LogP contribution in [-0.4, -0.2) is 65.9 Å². The molecule has 3 aliphatic rings. The molecule has 7 nitrogen and oxygen atoms in total. The Balaban J connectivity index is 1.58. The maximum atomic E-state index is 15.3. The summed E-state index contributed by atoms with van der Waals surface area (Å²) in [6.45, 7) is 4.93. The number of morpholine rings is 1. The number of amides is 3. The average Bonchev–Trinajstić information content (AvgIpc) is 3.35. The van der Waals surface area contributed by atoms with Crippen molar-refractivity contribution in [1.82, 2.24) is 15.1 Å². The number of rotatable bonds is 6. The van der Waals surface area contributed by atoms with E-state index < -0.39 is 41.6 Å². The van der Waals surface area contributed by atoms with Gasteiger partial charge in [0.2, 0.25) is 17.7 Å². The summed E-state index contributed by atoms with van der Waals surface area (Å²) < 4.78 is 34.6. The second kappa shape index (κ2) is 10.8. The molecule has 1 unspecified atom stereocenters. The predicted molar refractivity (Wildman–Crippen MR) is 136 cm³/mol. The fourth-order valence-electron chi connectivity index (χ4n) is 6.00. The van der Waals surface area contributed by atoms with E-state index in [1.54, 1.807) is 0 Å². The molecular formula is C29H33F2N3O4. The lowest BCUT2D eigenvalue weighted by Gasteiger charge is -2.47. The zero-order valence-electron chi connectivity index (χ0n) is 21.7. The molecule has 0 radical (unpaired) electrons. The largest absolute Gasteiger partial charge is 0.378 e. The first kappa shape index (κ1) is 26.3. The quantitative estimate of drug-likeness (QED) is 0.629. The third-order valence-corrected chi connectivity index (χ3v) is 8.22. The third kappa shape index (κ3) is 4.79. The monoisotopic (exact) mass is 525 g/mol. The molecule has 0 spiro atoms. The van der Waals surface area contributed by atoms with Crippen molar-refractivity contribution in [2.75, 3.05) is 26.3 Å². The molecular weight excluding hydrogens is 492 g/mol. The molecule has 1 N–H and O–H groups in total. The smallest absolute Gasteiger partial charge is 0.250 e. The molecule has 38 heavy (non-hydrogen) atoms. The number of carbonyl (C=O) groups excluding carboxylic acids is 3. The number of fused-ring (bicyclic) bond motifs is 1. The minimum Gasteiger partial charge on any atom is -0.378 e. The summed E-state index contributed by atoms with van der Waals surface area (Å²) in [5, 5.41) is 2.96. The van der Waals surface area contributed by atoms with Gasteiger partial charge < -0.3 is 19.9 Å². The van der Waals surface area contributed by atoms with Gasteiger partial charge in [-0.2, -0.15) is 0 Å². The third-order valence-electron chi connectivity index (χ3n) is 8.22. The standard InChI is InChI=1S/C29H33F2N3O4/c1-3-17(2)25-27(35)32-24(20-14-18-6-4-5-7-19(18)15-20)28(36)34(25)26(22-9-8-21(30)16-23(22)31)29(37)33-10-12-38-13-11-33/h4-9,16-17,20,24-26H,3,10-15H2,1-2H3,(H,32,35)/t17-,24-,25-,26?/m1/s1. The molecule has 202 valence electrons. The molecule has 2 aromatic carbocycles. The lowest BCUT2D eigenvalue weighted by molar-refractivity contribution is -0.163. The van der Waals surface area contributed by atoms with Gasteiger partial charge in [-0.15, -0.1) is 0 Å². The van der Waals surface area contributed by atoms with Crippen LogP contribution in [0.3, 0.4) is 0 Å². The first-order valence-corrected chi connectivity index (χ1v) is 13.3. The van der Waals surface area contributed by atoms with Crippen LogP contribution in [0.15, 0.2) is 42.5 Å². The molecule has 9 heteroatoms. The highest BCUT2D eigenvalue weighted by molar-refractivity contribution is 6.00. The van der Waals surface area contributed by atoms with E-state index in [4.69, 9.17) is 4.74 Å². The van der Waals surface area contributed by atoms with Crippen LogP contribution in [0.4, 0.5) is 8.78 Å². The van der Waals surface area contributed by atoms with Crippen LogP contribution in [-0.2, 0) is 32.0 Å². The van der Waals surface area contributed by atoms with Crippen LogP contribution < -0.4 is 5.32 Å². The van der Waals surface area contributed by atoms with Gasteiger partial charge >= 0.3 is 0 Å². The van der Waals surface area contributed by atoms with E-state index >= 15 is 4.39 Å². The highest BCUT2D eigenvalue weighted by Crippen LogP contribution is 2.37. The molecule has 0 aromatic heterocycles. The molecule has 1 aliphatic carbocycles. The van der Waals surface area contributed by atoms with Crippen molar-refractivity contribution >= 4 is 17.7 Å². The predicted octanol–water partition coefficient (Wildman–Crippen LogP) is 3.02. The SMILES string of the molecule is CC[C@@H](C)[C@@H]1C(=O)N[C@H](C2Cc3ccccc3C2)C(=O)N1C(C(=O)N1CCOCC1)c1ccc(F)cc1F. The van der Waals surface area contributed by atoms with Gasteiger partial charge in [-0.05, 0) is 41.9 Å². The number of carbonyl (C=O) groups is 3. The minimum absolute atomic E-state index is 0.118. The summed E-state index contributed by atoms with van der Waals surface area (Å²) >= 11 is 0. The highest BCUT2D eigenvalue weighted by Gasteiger charge is 2.51. The van der Waals surface area contributed by atoms with Crippen molar-refractivity contribution < 1.29 is 27.9 Å². The molecule has 5 rings (SSSR count). The molecule has 3 amide bonds. The molecule has 2 fully saturated rings. The van der Waals surface area contributed by atoms with Crippen molar-refractivity contribution in [3.05, 3.63) is 70.8 Å². The number of nitrogens with one attached hydrogen (secondary N) is 1. The number of benzene rings is 2. The summed E-state index contributed by atoms with van der Waals surface area (Å²) in [7, 11) is 0. The molecule has 2 aliphatic heterocycles. The van der Waals surface area contributed by atoms with Crippen LogP contribution in [0.2, 0.25) is 0 Å². The minimum atomic E-state index is -1.41. The van der Waals surface area contributed by atoms with Gasteiger partial charge in [0.1, 0.15) is 29.8 Å². The van der Waals surface area contributed by atoms with Crippen molar-refractivity contribution in [2.45, 2.75) is 51.2 Å². The molecule has 0 bridgehead atoms. The maximum absolute atomic E-state index is 15.3. The number of ether oxygens (including phenoxy) is 1. The van der Waals surface area contributed by atoms with Crippen molar-refractivity contribution in [3.8, 4) is 0 Å². The van der Waals surface area contributed by atoms with Gasteiger partial charge in [0.25, 0.3) is 0 Å². The van der Waals surface area contributed by atoms with E-state index in [-0.39, 0.29) is 36.4 Å². The number of halogens is 2. The van der Waals surface area contributed by atoms with E-state index in [9.17, 15) is 18.8 Å². The maximum Gasteiger partial charge on any atom is 0.250 e. The number of piperazine rings is 1. The van der Waals surface area contributed by atoms with E-state index in [1.165, 1.54) is 15.9 Å². The fourth-order valence-corrected chi connectivity index (χ4v) is 6.00. The van der Waals surface area contributed by atoms with Crippen molar-refractivity contribution in [2.24, 2.45) is 11.8 Å². The van der Waals surface area contributed by atoms with Gasteiger partial charge in [0, 0.05) is 24.7 Å². The number of nitrogens with zero attached hydrogens (tertiary/aromatic N) is 2. The molecule has 0 saturated carbocycles. The average molecular weight is 526 g/mol. The van der Waals surface area contributed by atoms with E-state index in [1.807, 2.05) is 38.1 Å². The van der Waals surface area contributed by atoms with Crippen LogP contribution in [0.1, 0.15) is 43.0 Å². The van der Waals surface area contributed by atoms with Crippen LogP contribution >= 0.6 is 0 Å². The molecule has 2 saturated heterocycles.